The smallest absolute Gasteiger partial charge is 0.283 e. The predicted octanol–water partition coefficient (Wildman–Crippen LogP) is 2.58. The van der Waals surface area contributed by atoms with Crippen LogP contribution < -0.4 is 5.56 Å². The van der Waals surface area contributed by atoms with Crippen molar-refractivity contribution in [3.8, 4) is 0 Å². The maximum absolute atomic E-state index is 14.2. The van der Waals surface area contributed by atoms with E-state index in [1.165, 1.54) is 0 Å². The number of aromatic nitrogens is 1. The molecule has 0 amide bonds. The van der Waals surface area contributed by atoms with Crippen molar-refractivity contribution in [3.63, 3.8) is 0 Å². The molecule has 1 aromatic rings. The number of hydrogen-bond donors (Lipinski definition) is 1. The second kappa shape index (κ2) is 4.28. The van der Waals surface area contributed by atoms with Gasteiger partial charge in [-0.05, 0) is 25.3 Å². The summed E-state index contributed by atoms with van der Waals surface area (Å²) < 4.78 is 29.1. The van der Waals surface area contributed by atoms with Gasteiger partial charge < -0.3 is 5.21 Å². The highest BCUT2D eigenvalue weighted by Gasteiger charge is 2.24. The largest absolute Gasteiger partial charge is 0.425 e. The molecular weight excluding hydrogens is 209 g/mol. The van der Waals surface area contributed by atoms with E-state index >= 15 is 0 Å². The first-order chi connectivity index (χ1) is 8.57. The number of rotatable bonds is 1. The minimum Gasteiger partial charge on any atom is -0.425 e. The molecule has 0 atom stereocenters. The summed E-state index contributed by atoms with van der Waals surface area (Å²) in [5.41, 5.74) is -1.19. The van der Waals surface area contributed by atoms with Gasteiger partial charge in [0, 0.05) is 13.3 Å². The van der Waals surface area contributed by atoms with Gasteiger partial charge in [0.15, 0.2) is 0 Å². The molecule has 0 unspecified atom stereocenters. The van der Waals surface area contributed by atoms with Crippen LogP contribution in [0.3, 0.4) is 0 Å². The Bertz CT molecular complexity index is 510. The van der Waals surface area contributed by atoms with E-state index in [2.05, 4.69) is 0 Å². The highest BCUT2D eigenvalue weighted by atomic mass is 19.1. The first-order valence-corrected chi connectivity index (χ1v) is 5.50. The van der Waals surface area contributed by atoms with Gasteiger partial charge in [0.1, 0.15) is 11.5 Å². The van der Waals surface area contributed by atoms with Crippen LogP contribution in [-0.2, 0) is 0 Å². The van der Waals surface area contributed by atoms with Crippen LogP contribution in [0.2, 0.25) is 0 Å². The van der Waals surface area contributed by atoms with Gasteiger partial charge in [-0.1, -0.05) is 19.3 Å². The van der Waals surface area contributed by atoms with Crippen LogP contribution in [0, 0.1) is 12.7 Å². The first-order valence-electron chi connectivity index (χ1n) is 6.71. The van der Waals surface area contributed by atoms with Crippen molar-refractivity contribution < 1.29 is 12.3 Å². The molecule has 0 spiro atoms. The van der Waals surface area contributed by atoms with E-state index in [0.717, 1.165) is 32.1 Å². The SMILES string of the molecule is [2H]Cc1c(F)c(C2CCCCC2)n(O)c(=O)c1[2H]. The standard InChI is InChI=1S/C12H16FNO2/c1-8-7-10(15)14(16)12(11(8)13)9-5-3-2-4-6-9/h7,9,16H,2-6H2,1H3/i1D,7D. The van der Waals surface area contributed by atoms with Gasteiger partial charge in [0.2, 0.25) is 0 Å². The number of halogens is 1. The molecule has 0 aliphatic heterocycles. The monoisotopic (exact) mass is 227 g/mol. The van der Waals surface area contributed by atoms with E-state index in [4.69, 9.17) is 2.74 Å². The lowest BCUT2D eigenvalue weighted by Crippen LogP contribution is -2.26. The summed E-state index contributed by atoms with van der Waals surface area (Å²) in [5.74, 6) is -0.952. The third-order valence-electron chi connectivity index (χ3n) is 3.16. The Kier molecular flexibility index (Phi) is 2.35. The predicted molar refractivity (Wildman–Crippen MR) is 58.4 cm³/mol. The second-order valence-corrected chi connectivity index (χ2v) is 4.25. The van der Waals surface area contributed by atoms with Crippen molar-refractivity contribution in [1.29, 1.82) is 0 Å². The van der Waals surface area contributed by atoms with Crippen LogP contribution in [-0.4, -0.2) is 9.94 Å². The molecule has 1 fully saturated rings. The average molecular weight is 227 g/mol. The molecule has 3 nitrogen and oxygen atoms in total. The van der Waals surface area contributed by atoms with Gasteiger partial charge in [0.05, 0.1) is 1.37 Å². The van der Waals surface area contributed by atoms with Crippen molar-refractivity contribution in [2.45, 2.75) is 44.9 Å². The molecule has 2 rings (SSSR count). The zero-order valence-electron chi connectivity index (χ0n) is 11.0. The van der Waals surface area contributed by atoms with Crippen molar-refractivity contribution >= 4 is 0 Å². The van der Waals surface area contributed by atoms with Gasteiger partial charge in [-0.25, -0.2) is 4.39 Å². The van der Waals surface area contributed by atoms with Crippen LogP contribution in [0.4, 0.5) is 4.39 Å². The van der Waals surface area contributed by atoms with E-state index in [1.54, 1.807) is 0 Å². The van der Waals surface area contributed by atoms with E-state index < -0.39 is 24.3 Å². The Morgan fingerprint density at radius 3 is 2.88 bits per heavy atom. The zero-order chi connectivity index (χ0) is 13.3. The van der Waals surface area contributed by atoms with Gasteiger partial charge in [0.25, 0.3) is 5.56 Å². The van der Waals surface area contributed by atoms with E-state index in [0.29, 0.717) is 0 Å². The van der Waals surface area contributed by atoms with Crippen LogP contribution in [0.5, 0.6) is 0 Å². The molecule has 0 radical (unpaired) electrons. The molecule has 1 aliphatic carbocycles. The van der Waals surface area contributed by atoms with Gasteiger partial charge in [-0.2, -0.15) is 0 Å². The molecule has 0 aromatic carbocycles. The topological polar surface area (TPSA) is 42.2 Å². The summed E-state index contributed by atoms with van der Waals surface area (Å²) in [7, 11) is 0. The van der Waals surface area contributed by atoms with Crippen LogP contribution in [0.25, 0.3) is 0 Å². The average Bonchev–Trinajstić information content (AvgIpc) is 2.38. The first kappa shape index (κ1) is 8.79. The van der Waals surface area contributed by atoms with Crippen LogP contribution >= 0.6 is 0 Å². The molecule has 1 saturated carbocycles. The minimum atomic E-state index is -0.931. The Balaban J connectivity index is 2.58. The Morgan fingerprint density at radius 2 is 2.25 bits per heavy atom. The lowest BCUT2D eigenvalue weighted by Gasteiger charge is -2.23. The molecule has 4 heteroatoms. The Labute approximate surface area is 96.3 Å². The van der Waals surface area contributed by atoms with Crippen molar-refractivity contribution in [3.05, 3.63) is 33.5 Å². The number of nitrogens with zero attached hydrogens (tertiary/aromatic N) is 1. The summed E-state index contributed by atoms with van der Waals surface area (Å²) >= 11 is 0. The third kappa shape index (κ3) is 1.84. The van der Waals surface area contributed by atoms with E-state index in [1.807, 2.05) is 0 Å². The zero-order valence-corrected chi connectivity index (χ0v) is 9.00. The quantitative estimate of drug-likeness (QED) is 0.749. The molecule has 0 saturated heterocycles. The highest BCUT2D eigenvalue weighted by Crippen LogP contribution is 2.33. The van der Waals surface area contributed by atoms with Crippen molar-refractivity contribution in [1.82, 2.24) is 4.73 Å². The molecule has 1 aliphatic rings. The maximum atomic E-state index is 14.2. The fourth-order valence-corrected chi connectivity index (χ4v) is 2.32. The maximum Gasteiger partial charge on any atom is 0.283 e. The highest BCUT2D eigenvalue weighted by molar-refractivity contribution is 5.22. The lowest BCUT2D eigenvalue weighted by molar-refractivity contribution is 0.151. The van der Waals surface area contributed by atoms with Crippen LogP contribution in [0.1, 0.15) is 52.0 Å². The van der Waals surface area contributed by atoms with E-state index in [-0.39, 0.29) is 21.9 Å². The summed E-state index contributed by atoms with van der Waals surface area (Å²) in [5, 5.41) is 9.71. The second-order valence-electron chi connectivity index (χ2n) is 4.25. The molecule has 1 aromatic heterocycles. The Hall–Kier alpha value is -1.32. The van der Waals surface area contributed by atoms with Crippen LogP contribution in [0.15, 0.2) is 10.8 Å². The Morgan fingerprint density at radius 1 is 1.56 bits per heavy atom. The fraction of sp³-hybridized carbons (Fsp3) is 0.583. The molecule has 1 N–H and O–H groups in total. The summed E-state index contributed by atoms with van der Waals surface area (Å²) in [6.45, 7) is -0.458. The summed E-state index contributed by atoms with van der Waals surface area (Å²) in [6.07, 6.45) is 4.42. The van der Waals surface area contributed by atoms with Gasteiger partial charge in [-0.3, -0.25) is 4.79 Å². The van der Waals surface area contributed by atoms with Gasteiger partial charge in [-0.15, -0.1) is 4.73 Å². The van der Waals surface area contributed by atoms with E-state index in [9.17, 15) is 14.4 Å². The fourth-order valence-electron chi connectivity index (χ4n) is 2.32. The molecular formula is C12H16FNO2. The molecule has 0 bridgehead atoms. The lowest BCUT2D eigenvalue weighted by atomic mass is 9.86. The molecule has 88 valence electrons. The molecule has 16 heavy (non-hydrogen) atoms. The number of pyridine rings is 1. The third-order valence-corrected chi connectivity index (χ3v) is 3.16. The number of hydrogen-bond acceptors (Lipinski definition) is 2. The minimum absolute atomic E-state index is 0.0436. The van der Waals surface area contributed by atoms with Crippen molar-refractivity contribution in [2.24, 2.45) is 0 Å². The van der Waals surface area contributed by atoms with Crippen molar-refractivity contribution in [2.75, 3.05) is 0 Å². The summed E-state index contributed by atoms with van der Waals surface area (Å²) in [6, 6.07) is -0.621. The summed E-state index contributed by atoms with van der Waals surface area (Å²) in [4.78, 5) is 11.6. The normalized spacial score (nSPS) is 19.3. The molecule has 1 heterocycles. The van der Waals surface area contributed by atoms with Gasteiger partial charge >= 0.3 is 0 Å².